The van der Waals surface area contributed by atoms with E-state index in [2.05, 4.69) is 21.0 Å². The highest BCUT2D eigenvalue weighted by Gasteiger charge is 2.26. The summed E-state index contributed by atoms with van der Waals surface area (Å²) in [7, 11) is 0. The molecular formula is C23H28ClN5O9S. The number of benzene rings is 1. The predicted molar refractivity (Wildman–Crippen MR) is 141 cm³/mol. The van der Waals surface area contributed by atoms with Gasteiger partial charge in [0.15, 0.2) is 16.6 Å². The molecule has 0 spiro atoms. The third-order valence-corrected chi connectivity index (χ3v) is 4.71. The van der Waals surface area contributed by atoms with E-state index in [1.54, 1.807) is 20.8 Å². The number of nitrogen functional groups attached to an aromatic ring is 1. The average molecular weight is 586 g/mol. The van der Waals surface area contributed by atoms with Gasteiger partial charge in [-0.25, -0.2) is 9.78 Å². The summed E-state index contributed by atoms with van der Waals surface area (Å²) in [4.78, 5) is 69.2. The second-order valence-electron chi connectivity index (χ2n) is 8.55. The zero-order chi connectivity index (χ0) is 28.6. The van der Waals surface area contributed by atoms with Gasteiger partial charge in [-0.05, 0) is 45.9 Å². The van der Waals surface area contributed by atoms with E-state index in [1.165, 1.54) is 24.4 Å². The maximum Gasteiger partial charge on any atom is 0.363 e. The topological polar surface area (TPSA) is 198 Å². The van der Waals surface area contributed by atoms with Crippen LogP contribution in [0.4, 0.5) is 5.13 Å². The van der Waals surface area contributed by atoms with E-state index >= 15 is 0 Å². The molecule has 2 aromatic rings. The molecule has 0 aliphatic carbocycles. The molecular weight excluding hydrogens is 558 g/mol. The summed E-state index contributed by atoms with van der Waals surface area (Å²) in [5.74, 6) is -4.06. The van der Waals surface area contributed by atoms with Gasteiger partial charge in [0.2, 0.25) is 11.8 Å². The van der Waals surface area contributed by atoms with Gasteiger partial charge in [-0.3, -0.25) is 30.0 Å². The molecule has 0 fully saturated rings. The van der Waals surface area contributed by atoms with Crippen LogP contribution >= 0.6 is 23.7 Å². The lowest BCUT2D eigenvalue weighted by Gasteiger charge is -2.19. The van der Waals surface area contributed by atoms with Crippen molar-refractivity contribution in [2.24, 2.45) is 5.16 Å². The number of aromatic nitrogens is 1. The largest absolute Gasteiger partial charge is 0.455 e. The van der Waals surface area contributed by atoms with Crippen molar-refractivity contribution < 1.29 is 43.0 Å². The number of halogens is 1. The van der Waals surface area contributed by atoms with Crippen LogP contribution in [0.5, 0.6) is 11.5 Å². The average Bonchev–Trinajstić information content (AvgIpc) is 3.22. The molecule has 1 atom stereocenters. The van der Waals surface area contributed by atoms with E-state index < -0.39 is 41.4 Å². The molecule has 2 amide bonds. The maximum atomic E-state index is 12.6. The number of nitrogens with two attached hydrogens (primary N) is 1. The quantitative estimate of drug-likeness (QED) is 0.177. The van der Waals surface area contributed by atoms with Gasteiger partial charge in [0.1, 0.15) is 11.3 Å². The molecule has 1 aromatic heterocycles. The van der Waals surface area contributed by atoms with E-state index in [1.807, 2.05) is 0 Å². The smallest absolute Gasteiger partial charge is 0.363 e. The number of carbonyl (C=O) groups excluding carboxylic acids is 5. The molecule has 0 aliphatic rings. The van der Waals surface area contributed by atoms with Crippen molar-refractivity contribution in [3.05, 3.63) is 34.8 Å². The molecule has 0 saturated carbocycles. The number of thiazole rings is 1. The minimum absolute atomic E-state index is 0. The minimum Gasteiger partial charge on any atom is -0.455 e. The Morgan fingerprint density at radius 3 is 2.18 bits per heavy atom. The molecule has 2 rings (SSSR count). The van der Waals surface area contributed by atoms with Crippen LogP contribution in [0.3, 0.4) is 0 Å². The minimum atomic E-state index is -1.27. The first-order chi connectivity index (χ1) is 17.7. The van der Waals surface area contributed by atoms with Gasteiger partial charge in [0.25, 0.3) is 11.8 Å². The molecule has 14 nitrogen and oxygen atoms in total. The van der Waals surface area contributed by atoms with Crippen LogP contribution in [0, 0.1) is 0 Å². The summed E-state index contributed by atoms with van der Waals surface area (Å²) in [6.45, 7) is 8.60. The van der Waals surface area contributed by atoms with Crippen molar-refractivity contribution in [2.45, 2.75) is 53.2 Å². The van der Waals surface area contributed by atoms with Crippen molar-refractivity contribution in [3.63, 3.8) is 0 Å². The van der Waals surface area contributed by atoms with Gasteiger partial charge >= 0.3 is 17.9 Å². The van der Waals surface area contributed by atoms with Gasteiger partial charge in [-0.15, -0.1) is 23.7 Å². The monoisotopic (exact) mass is 585 g/mol. The highest BCUT2D eigenvalue weighted by molar-refractivity contribution is 7.13. The molecule has 1 heterocycles. The van der Waals surface area contributed by atoms with Crippen LogP contribution in [0.25, 0.3) is 0 Å². The molecule has 0 bridgehead atoms. The van der Waals surface area contributed by atoms with E-state index in [0.29, 0.717) is 0 Å². The Morgan fingerprint density at radius 2 is 1.64 bits per heavy atom. The number of hydrogen-bond acceptors (Lipinski definition) is 13. The molecule has 1 unspecified atom stereocenters. The van der Waals surface area contributed by atoms with Crippen LogP contribution in [0.2, 0.25) is 0 Å². The first-order valence-corrected chi connectivity index (χ1v) is 11.8. The Kier molecular flexibility index (Phi) is 11.8. The molecule has 0 radical (unpaired) electrons. The van der Waals surface area contributed by atoms with Crippen LogP contribution in [-0.4, -0.2) is 52.1 Å². The number of ether oxygens (including phenoxy) is 3. The normalized spacial score (nSPS) is 11.8. The molecule has 0 aliphatic heterocycles. The third kappa shape index (κ3) is 10.6. The molecule has 1 aromatic carbocycles. The van der Waals surface area contributed by atoms with Crippen molar-refractivity contribution in [2.75, 3.05) is 5.73 Å². The van der Waals surface area contributed by atoms with E-state index in [0.717, 1.165) is 31.3 Å². The first-order valence-electron chi connectivity index (χ1n) is 11.0. The van der Waals surface area contributed by atoms with Crippen molar-refractivity contribution in [1.29, 1.82) is 0 Å². The lowest BCUT2D eigenvalue weighted by atomic mass is 10.2. The van der Waals surface area contributed by atoms with Crippen molar-refractivity contribution in [1.82, 2.24) is 15.8 Å². The summed E-state index contributed by atoms with van der Waals surface area (Å²) in [5.41, 5.74) is 8.88. The third-order valence-electron chi connectivity index (χ3n) is 4.04. The number of nitrogens with zero attached hydrogens (tertiary/aromatic N) is 2. The second-order valence-corrected chi connectivity index (χ2v) is 9.44. The fourth-order valence-corrected chi connectivity index (χ4v) is 3.05. The second kappa shape index (κ2) is 14.1. The molecule has 0 saturated heterocycles. The summed E-state index contributed by atoms with van der Waals surface area (Å²) >= 11 is 1.07. The van der Waals surface area contributed by atoms with Gasteiger partial charge in [-0.1, -0.05) is 5.16 Å². The van der Waals surface area contributed by atoms with Gasteiger partial charge in [-0.2, -0.15) is 0 Å². The molecule has 212 valence electrons. The zero-order valence-corrected chi connectivity index (χ0v) is 23.5. The van der Waals surface area contributed by atoms with Crippen LogP contribution in [-0.2, 0) is 28.8 Å². The summed E-state index contributed by atoms with van der Waals surface area (Å²) in [6.07, 6.45) is -1.27. The number of oxime groups is 1. The lowest BCUT2D eigenvalue weighted by Crippen LogP contribution is -2.46. The van der Waals surface area contributed by atoms with Crippen LogP contribution in [0.1, 0.15) is 57.6 Å². The lowest BCUT2D eigenvalue weighted by molar-refractivity contribution is -0.146. The number of rotatable bonds is 8. The Balaban J connectivity index is 0.00000760. The Bertz CT molecular complexity index is 1270. The summed E-state index contributed by atoms with van der Waals surface area (Å²) in [5, 5.41) is 5.40. The molecule has 39 heavy (non-hydrogen) atoms. The number of carbonyl (C=O) groups is 5. The predicted octanol–water partition coefficient (Wildman–Crippen LogP) is 1.91. The number of hydrogen-bond donors (Lipinski definition) is 3. The number of esters is 3. The van der Waals surface area contributed by atoms with Crippen LogP contribution in [0.15, 0.2) is 28.7 Å². The highest BCUT2D eigenvalue weighted by atomic mass is 35.5. The van der Waals surface area contributed by atoms with E-state index in [-0.39, 0.29) is 46.0 Å². The van der Waals surface area contributed by atoms with Gasteiger partial charge in [0.05, 0.1) is 0 Å². The number of amides is 2. The number of hydrazine groups is 1. The summed E-state index contributed by atoms with van der Waals surface area (Å²) < 4.78 is 15.2. The van der Waals surface area contributed by atoms with Gasteiger partial charge < -0.3 is 24.8 Å². The van der Waals surface area contributed by atoms with Crippen LogP contribution < -0.4 is 26.1 Å². The Labute approximate surface area is 233 Å². The Hall–Kier alpha value is -4.24. The summed E-state index contributed by atoms with van der Waals surface area (Å²) in [6, 6.07) is 3.68. The Morgan fingerprint density at radius 1 is 1.03 bits per heavy atom. The van der Waals surface area contributed by atoms with Crippen molar-refractivity contribution >= 4 is 64.3 Å². The first kappa shape index (κ1) is 32.8. The number of anilines is 1. The standard InChI is InChI=1S/C23H27N5O9S.ClH/c1-11(37-28-18(15-10-38-22(24)25-15)21(33)36-23(4,5)6)19(31)26-27-20(32)14-7-8-16(34-12(2)29)17(9-14)35-13(3)30;/h7-11H,1-6H3,(H2,24,25)(H,26,31)(H,27,32);1H/b28-18-;. The van der Waals surface area contributed by atoms with Crippen molar-refractivity contribution in [3.8, 4) is 11.5 Å². The highest BCUT2D eigenvalue weighted by Crippen LogP contribution is 2.29. The van der Waals surface area contributed by atoms with E-state index in [9.17, 15) is 24.0 Å². The maximum absolute atomic E-state index is 12.6. The fourth-order valence-electron chi connectivity index (χ4n) is 2.51. The van der Waals surface area contributed by atoms with E-state index in [4.69, 9.17) is 24.8 Å². The molecule has 4 N–H and O–H groups in total. The van der Waals surface area contributed by atoms with Gasteiger partial charge in [0, 0.05) is 24.8 Å². The zero-order valence-electron chi connectivity index (χ0n) is 21.8. The molecule has 16 heteroatoms. The fraction of sp³-hybridized carbons (Fsp3) is 0.348. The SMILES string of the molecule is CC(=O)Oc1ccc(C(=O)NNC(=O)C(C)O/N=C(\C(=O)OC(C)(C)C)c2csc(N)n2)cc1OC(C)=O.Cl. The number of nitrogens with one attached hydrogen (secondary N) is 2.